The SMILES string of the molecule is Cn1nc(-c2c[nH]c3ncccc23)c2c[c]ccc21. The lowest BCUT2D eigenvalue weighted by Gasteiger charge is -1.94. The molecule has 0 saturated heterocycles. The van der Waals surface area contributed by atoms with E-state index in [1.54, 1.807) is 6.20 Å². The van der Waals surface area contributed by atoms with Gasteiger partial charge in [0, 0.05) is 35.8 Å². The first kappa shape index (κ1) is 10.3. The third kappa shape index (κ3) is 1.40. The van der Waals surface area contributed by atoms with E-state index in [4.69, 9.17) is 0 Å². The van der Waals surface area contributed by atoms with Gasteiger partial charge in [0.2, 0.25) is 0 Å². The molecular formula is C15H11N4. The fraction of sp³-hybridized carbons (Fsp3) is 0.0667. The standard InChI is InChI=1S/C15H11N4/c1-19-13-7-3-2-5-11(13)14(18-19)12-9-17-15-10(12)6-4-8-16-15/h3-9H,1H3,(H,16,17). The smallest absolute Gasteiger partial charge is 0.137 e. The second kappa shape index (κ2) is 3.68. The molecule has 0 unspecified atom stereocenters. The fourth-order valence-electron chi connectivity index (χ4n) is 2.50. The average molecular weight is 247 g/mol. The van der Waals surface area contributed by atoms with Gasteiger partial charge >= 0.3 is 0 Å². The van der Waals surface area contributed by atoms with Gasteiger partial charge < -0.3 is 4.98 Å². The Morgan fingerprint density at radius 3 is 3.16 bits per heavy atom. The molecule has 1 radical (unpaired) electrons. The van der Waals surface area contributed by atoms with Crippen molar-refractivity contribution < 1.29 is 0 Å². The number of hydrogen-bond acceptors (Lipinski definition) is 2. The lowest BCUT2D eigenvalue weighted by molar-refractivity contribution is 0.801. The van der Waals surface area contributed by atoms with Crippen molar-refractivity contribution in [2.45, 2.75) is 0 Å². The number of fused-ring (bicyclic) bond motifs is 2. The molecule has 4 aromatic rings. The van der Waals surface area contributed by atoms with Gasteiger partial charge in [-0.3, -0.25) is 4.68 Å². The second-order valence-electron chi connectivity index (χ2n) is 4.52. The van der Waals surface area contributed by atoms with Gasteiger partial charge in [-0.25, -0.2) is 4.98 Å². The molecule has 0 spiro atoms. The second-order valence-corrected chi connectivity index (χ2v) is 4.52. The topological polar surface area (TPSA) is 46.5 Å². The van der Waals surface area contributed by atoms with Gasteiger partial charge in [0.1, 0.15) is 11.3 Å². The highest BCUT2D eigenvalue weighted by Crippen LogP contribution is 2.31. The maximum Gasteiger partial charge on any atom is 0.137 e. The summed E-state index contributed by atoms with van der Waals surface area (Å²) in [5, 5.41) is 6.83. The third-order valence-electron chi connectivity index (χ3n) is 3.40. The molecule has 1 aromatic carbocycles. The number of aromatic amines is 1. The largest absolute Gasteiger partial charge is 0.345 e. The first-order valence-corrected chi connectivity index (χ1v) is 6.10. The Hall–Kier alpha value is -2.62. The molecule has 0 aliphatic heterocycles. The summed E-state index contributed by atoms with van der Waals surface area (Å²) in [5.41, 5.74) is 4.03. The number of H-pyrrole nitrogens is 1. The van der Waals surface area contributed by atoms with Crippen molar-refractivity contribution in [1.82, 2.24) is 19.7 Å². The van der Waals surface area contributed by atoms with Crippen LogP contribution < -0.4 is 0 Å². The van der Waals surface area contributed by atoms with Crippen molar-refractivity contribution in [3.05, 3.63) is 48.8 Å². The van der Waals surface area contributed by atoms with Gasteiger partial charge in [0.15, 0.2) is 0 Å². The zero-order chi connectivity index (χ0) is 12.8. The summed E-state index contributed by atoms with van der Waals surface area (Å²) >= 11 is 0. The number of nitrogens with zero attached hydrogens (tertiary/aromatic N) is 3. The molecular weight excluding hydrogens is 236 g/mol. The molecule has 0 aliphatic rings. The Morgan fingerprint density at radius 2 is 2.21 bits per heavy atom. The number of aryl methyl sites for hydroxylation is 1. The van der Waals surface area contributed by atoms with Crippen LogP contribution >= 0.6 is 0 Å². The van der Waals surface area contributed by atoms with E-state index in [9.17, 15) is 0 Å². The predicted octanol–water partition coefficient (Wildman–Crippen LogP) is 2.92. The van der Waals surface area contributed by atoms with E-state index >= 15 is 0 Å². The van der Waals surface area contributed by atoms with Crippen LogP contribution in [0.3, 0.4) is 0 Å². The van der Waals surface area contributed by atoms with Gasteiger partial charge in [-0.15, -0.1) is 0 Å². The summed E-state index contributed by atoms with van der Waals surface area (Å²) in [7, 11) is 1.96. The summed E-state index contributed by atoms with van der Waals surface area (Å²) in [4.78, 5) is 7.51. The zero-order valence-electron chi connectivity index (χ0n) is 10.4. The Morgan fingerprint density at radius 1 is 1.26 bits per heavy atom. The van der Waals surface area contributed by atoms with Crippen molar-refractivity contribution in [3.8, 4) is 11.3 Å². The lowest BCUT2D eigenvalue weighted by Crippen LogP contribution is -1.89. The normalized spacial score (nSPS) is 11.4. The molecule has 4 nitrogen and oxygen atoms in total. The first-order chi connectivity index (χ1) is 9.34. The minimum absolute atomic E-state index is 0.885. The van der Waals surface area contributed by atoms with Crippen LogP contribution in [0.1, 0.15) is 0 Å². The van der Waals surface area contributed by atoms with Crippen LogP contribution in [0.15, 0.2) is 42.7 Å². The summed E-state index contributed by atoms with van der Waals surface area (Å²) in [6, 6.07) is 13.0. The number of nitrogens with one attached hydrogen (secondary N) is 1. The van der Waals surface area contributed by atoms with E-state index in [1.807, 2.05) is 42.2 Å². The molecule has 3 heterocycles. The van der Waals surface area contributed by atoms with Crippen molar-refractivity contribution in [2.75, 3.05) is 0 Å². The summed E-state index contributed by atoms with van der Waals surface area (Å²) < 4.78 is 1.90. The Balaban J connectivity index is 2.10. The molecule has 0 atom stereocenters. The number of hydrogen-bond donors (Lipinski definition) is 1. The van der Waals surface area contributed by atoms with E-state index in [1.165, 1.54) is 0 Å². The molecule has 3 aromatic heterocycles. The molecule has 0 bridgehead atoms. The maximum absolute atomic E-state index is 4.63. The minimum Gasteiger partial charge on any atom is -0.345 e. The van der Waals surface area contributed by atoms with Crippen molar-refractivity contribution in [1.29, 1.82) is 0 Å². The van der Waals surface area contributed by atoms with Crippen LogP contribution in [0.4, 0.5) is 0 Å². The van der Waals surface area contributed by atoms with Gasteiger partial charge in [-0.1, -0.05) is 6.07 Å². The molecule has 0 fully saturated rings. The quantitative estimate of drug-likeness (QED) is 0.562. The summed E-state index contributed by atoms with van der Waals surface area (Å²) in [6.45, 7) is 0. The van der Waals surface area contributed by atoms with E-state index in [2.05, 4.69) is 27.2 Å². The Kier molecular flexibility index (Phi) is 2.00. The predicted molar refractivity (Wildman–Crippen MR) is 74.6 cm³/mol. The van der Waals surface area contributed by atoms with Crippen molar-refractivity contribution in [2.24, 2.45) is 7.05 Å². The van der Waals surface area contributed by atoms with Gasteiger partial charge in [-0.05, 0) is 30.3 Å². The molecule has 0 saturated carbocycles. The third-order valence-corrected chi connectivity index (χ3v) is 3.40. The van der Waals surface area contributed by atoms with E-state index < -0.39 is 0 Å². The van der Waals surface area contributed by atoms with E-state index in [0.29, 0.717) is 0 Å². The van der Waals surface area contributed by atoms with E-state index in [-0.39, 0.29) is 0 Å². The lowest BCUT2D eigenvalue weighted by atomic mass is 10.1. The van der Waals surface area contributed by atoms with Gasteiger partial charge in [0.05, 0.1) is 5.52 Å². The van der Waals surface area contributed by atoms with Crippen LogP contribution in [0, 0.1) is 6.07 Å². The first-order valence-electron chi connectivity index (χ1n) is 6.10. The highest BCUT2D eigenvalue weighted by molar-refractivity contribution is 6.01. The zero-order valence-corrected chi connectivity index (χ0v) is 10.4. The van der Waals surface area contributed by atoms with E-state index in [0.717, 1.165) is 33.2 Å². The Labute approximate surface area is 109 Å². The highest BCUT2D eigenvalue weighted by atomic mass is 15.3. The van der Waals surface area contributed by atoms with Gasteiger partial charge in [-0.2, -0.15) is 5.10 Å². The molecule has 0 amide bonds. The molecule has 4 heteroatoms. The summed E-state index contributed by atoms with van der Waals surface area (Å²) in [5.74, 6) is 0. The molecule has 0 aliphatic carbocycles. The van der Waals surface area contributed by atoms with Gasteiger partial charge in [0.25, 0.3) is 0 Å². The minimum atomic E-state index is 0.885. The number of aromatic nitrogens is 4. The van der Waals surface area contributed by atoms with Crippen LogP contribution in [0.25, 0.3) is 33.2 Å². The monoisotopic (exact) mass is 247 g/mol. The fourth-order valence-corrected chi connectivity index (χ4v) is 2.50. The van der Waals surface area contributed by atoms with Crippen LogP contribution in [-0.4, -0.2) is 19.7 Å². The molecule has 91 valence electrons. The highest BCUT2D eigenvalue weighted by Gasteiger charge is 2.14. The Bertz CT molecular complexity index is 885. The average Bonchev–Trinajstić information content (AvgIpc) is 3.01. The maximum atomic E-state index is 4.63. The van der Waals surface area contributed by atoms with Crippen molar-refractivity contribution >= 4 is 21.9 Å². The van der Waals surface area contributed by atoms with Crippen molar-refractivity contribution in [3.63, 3.8) is 0 Å². The van der Waals surface area contributed by atoms with Crippen LogP contribution in [0.5, 0.6) is 0 Å². The molecule has 4 rings (SSSR count). The molecule has 19 heavy (non-hydrogen) atoms. The summed E-state index contributed by atoms with van der Waals surface area (Å²) in [6.07, 6.45) is 3.75. The molecule has 1 N–H and O–H groups in total. The van der Waals surface area contributed by atoms with Crippen LogP contribution in [-0.2, 0) is 7.05 Å². The number of rotatable bonds is 1. The van der Waals surface area contributed by atoms with Crippen LogP contribution in [0.2, 0.25) is 0 Å². The number of pyridine rings is 1. The number of benzene rings is 1.